The molecule has 2 rings (SSSR count). The van der Waals surface area contributed by atoms with Crippen molar-refractivity contribution < 1.29 is 17.9 Å². The smallest absolute Gasteiger partial charge is 0.232 e. The number of amides is 1. The van der Waals surface area contributed by atoms with Crippen molar-refractivity contribution in [2.75, 3.05) is 17.1 Å². The van der Waals surface area contributed by atoms with Crippen LogP contribution in [-0.2, 0) is 21.4 Å². The Balaban J connectivity index is 1.91. The molecule has 0 aliphatic heterocycles. The van der Waals surface area contributed by atoms with Gasteiger partial charge in [-0.15, -0.1) is 0 Å². The maximum absolute atomic E-state index is 12.3. The molecule has 0 unspecified atom stereocenters. The molecule has 0 saturated carbocycles. The molecule has 0 spiro atoms. The second-order valence-electron chi connectivity index (χ2n) is 7.82. The van der Waals surface area contributed by atoms with Gasteiger partial charge in [-0.2, -0.15) is 0 Å². The van der Waals surface area contributed by atoms with Gasteiger partial charge in [0.25, 0.3) is 0 Å². The van der Waals surface area contributed by atoms with Gasteiger partial charge in [0.05, 0.1) is 18.0 Å². The summed E-state index contributed by atoms with van der Waals surface area (Å²) in [7, 11) is -3.44. The number of benzene rings is 2. The van der Waals surface area contributed by atoms with Gasteiger partial charge in [-0.25, -0.2) is 8.42 Å². The molecular formula is C23H32N2O4S. The maximum atomic E-state index is 12.3. The second kappa shape index (κ2) is 10.5. The molecule has 30 heavy (non-hydrogen) atoms. The van der Waals surface area contributed by atoms with Gasteiger partial charge < -0.3 is 10.1 Å². The third kappa shape index (κ3) is 7.37. The van der Waals surface area contributed by atoms with Crippen LogP contribution in [0.2, 0.25) is 0 Å². The fraction of sp³-hybridized carbons (Fsp3) is 0.435. The summed E-state index contributed by atoms with van der Waals surface area (Å²) in [6.45, 7) is 8.41. The standard InChI is InChI=1S/C23H32N2O4S/c1-17(2)29-21-9-6-8-20(15-21)16-24-23(26)10-7-13-25(30(5,27)28)22-14-18(3)11-12-19(22)4/h6,8-9,11-12,14-15,17H,7,10,13,16H2,1-5H3,(H,24,26). The molecule has 7 heteroatoms. The average Bonchev–Trinajstić information content (AvgIpc) is 2.64. The van der Waals surface area contributed by atoms with Crippen LogP contribution in [0.3, 0.4) is 0 Å². The number of hydrogen-bond donors (Lipinski definition) is 1. The molecule has 0 saturated heterocycles. The predicted octanol–water partition coefficient (Wildman–Crippen LogP) is 3.95. The molecule has 0 fully saturated rings. The molecule has 0 aromatic heterocycles. The molecule has 0 bridgehead atoms. The van der Waals surface area contributed by atoms with E-state index in [1.54, 1.807) is 0 Å². The van der Waals surface area contributed by atoms with Crippen LogP contribution in [-0.4, -0.2) is 33.2 Å². The van der Waals surface area contributed by atoms with Crippen LogP contribution in [0.5, 0.6) is 5.75 Å². The highest BCUT2D eigenvalue weighted by Crippen LogP contribution is 2.24. The van der Waals surface area contributed by atoms with Crippen molar-refractivity contribution in [3.63, 3.8) is 0 Å². The molecular weight excluding hydrogens is 400 g/mol. The quantitative estimate of drug-likeness (QED) is 0.617. The summed E-state index contributed by atoms with van der Waals surface area (Å²) in [5.74, 6) is 0.661. The first kappa shape index (κ1) is 23.7. The summed E-state index contributed by atoms with van der Waals surface area (Å²) in [4.78, 5) is 12.3. The van der Waals surface area contributed by atoms with Gasteiger partial charge in [0, 0.05) is 19.5 Å². The summed E-state index contributed by atoms with van der Waals surface area (Å²) in [6, 6.07) is 13.3. The molecule has 2 aromatic carbocycles. The van der Waals surface area contributed by atoms with Crippen molar-refractivity contribution in [1.82, 2.24) is 5.32 Å². The first-order valence-electron chi connectivity index (χ1n) is 10.1. The number of nitrogens with zero attached hydrogens (tertiary/aromatic N) is 1. The zero-order valence-corrected chi connectivity index (χ0v) is 19.3. The van der Waals surface area contributed by atoms with Crippen LogP contribution in [0.1, 0.15) is 43.4 Å². The molecule has 6 nitrogen and oxygen atoms in total. The minimum absolute atomic E-state index is 0.0877. The van der Waals surface area contributed by atoms with Crippen molar-refractivity contribution in [1.29, 1.82) is 0 Å². The second-order valence-corrected chi connectivity index (χ2v) is 9.73. The molecule has 0 heterocycles. The zero-order valence-electron chi connectivity index (χ0n) is 18.4. The summed E-state index contributed by atoms with van der Waals surface area (Å²) < 4.78 is 31.7. The maximum Gasteiger partial charge on any atom is 0.232 e. The Bertz CT molecular complexity index is 971. The summed E-state index contributed by atoms with van der Waals surface area (Å²) in [5.41, 5.74) is 3.50. The summed E-state index contributed by atoms with van der Waals surface area (Å²) in [6.07, 6.45) is 1.97. The predicted molar refractivity (Wildman–Crippen MR) is 121 cm³/mol. The van der Waals surface area contributed by atoms with Gasteiger partial charge in [0.2, 0.25) is 15.9 Å². The van der Waals surface area contributed by atoms with Crippen molar-refractivity contribution in [3.05, 3.63) is 59.2 Å². The van der Waals surface area contributed by atoms with Gasteiger partial charge in [0.15, 0.2) is 0 Å². The topological polar surface area (TPSA) is 75.7 Å². The lowest BCUT2D eigenvalue weighted by Gasteiger charge is -2.24. The van der Waals surface area contributed by atoms with Crippen molar-refractivity contribution in [3.8, 4) is 5.75 Å². The van der Waals surface area contributed by atoms with Crippen LogP contribution in [0.25, 0.3) is 0 Å². The molecule has 1 amide bonds. The van der Waals surface area contributed by atoms with E-state index in [9.17, 15) is 13.2 Å². The molecule has 1 N–H and O–H groups in total. The third-order valence-corrected chi connectivity index (χ3v) is 5.74. The number of aryl methyl sites for hydroxylation is 2. The highest BCUT2D eigenvalue weighted by molar-refractivity contribution is 7.92. The van der Waals surface area contributed by atoms with E-state index in [4.69, 9.17) is 4.74 Å². The van der Waals surface area contributed by atoms with Crippen LogP contribution in [0.15, 0.2) is 42.5 Å². The van der Waals surface area contributed by atoms with E-state index in [1.165, 1.54) is 10.6 Å². The van der Waals surface area contributed by atoms with Gasteiger partial charge in [-0.05, 0) is 69.0 Å². The Hall–Kier alpha value is -2.54. The normalized spacial score (nSPS) is 11.4. The number of hydrogen-bond acceptors (Lipinski definition) is 4. The first-order valence-corrected chi connectivity index (χ1v) is 12.0. The van der Waals surface area contributed by atoms with E-state index in [0.29, 0.717) is 18.7 Å². The van der Waals surface area contributed by atoms with E-state index in [2.05, 4.69) is 5.32 Å². The van der Waals surface area contributed by atoms with Gasteiger partial charge >= 0.3 is 0 Å². The number of carbonyl (C=O) groups excluding carboxylic acids is 1. The van der Waals surface area contributed by atoms with Crippen LogP contribution in [0.4, 0.5) is 5.69 Å². The van der Waals surface area contributed by atoms with E-state index >= 15 is 0 Å². The van der Waals surface area contributed by atoms with E-state index in [0.717, 1.165) is 22.4 Å². The first-order chi connectivity index (χ1) is 14.1. The SMILES string of the molecule is Cc1ccc(C)c(N(CCCC(=O)NCc2cccc(OC(C)C)c2)S(C)(=O)=O)c1. The monoisotopic (exact) mass is 432 g/mol. The Morgan fingerprint density at radius 1 is 1.13 bits per heavy atom. The minimum atomic E-state index is -3.44. The lowest BCUT2D eigenvalue weighted by Crippen LogP contribution is -2.32. The Labute approximate surface area is 180 Å². The molecule has 0 aliphatic carbocycles. The Kier molecular flexibility index (Phi) is 8.29. The minimum Gasteiger partial charge on any atom is -0.491 e. The van der Waals surface area contributed by atoms with Crippen molar-refractivity contribution in [2.45, 2.75) is 53.2 Å². The number of nitrogens with one attached hydrogen (secondary N) is 1. The highest BCUT2D eigenvalue weighted by atomic mass is 32.2. The Morgan fingerprint density at radius 2 is 1.87 bits per heavy atom. The lowest BCUT2D eigenvalue weighted by molar-refractivity contribution is -0.121. The Morgan fingerprint density at radius 3 is 2.53 bits per heavy atom. The number of sulfonamides is 1. The fourth-order valence-electron chi connectivity index (χ4n) is 3.13. The number of carbonyl (C=O) groups is 1. The van der Waals surface area contributed by atoms with Crippen molar-refractivity contribution >= 4 is 21.6 Å². The van der Waals surface area contributed by atoms with E-state index in [1.807, 2.05) is 70.2 Å². The van der Waals surface area contributed by atoms with Crippen LogP contribution >= 0.6 is 0 Å². The lowest BCUT2D eigenvalue weighted by atomic mass is 10.1. The van der Waals surface area contributed by atoms with E-state index in [-0.39, 0.29) is 25.0 Å². The highest BCUT2D eigenvalue weighted by Gasteiger charge is 2.19. The number of anilines is 1. The van der Waals surface area contributed by atoms with Gasteiger partial charge in [-0.3, -0.25) is 9.10 Å². The third-order valence-electron chi connectivity index (χ3n) is 4.56. The largest absolute Gasteiger partial charge is 0.491 e. The molecule has 2 aromatic rings. The number of ether oxygens (including phenoxy) is 1. The van der Waals surface area contributed by atoms with Crippen LogP contribution in [0, 0.1) is 13.8 Å². The molecule has 0 aliphatic rings. The van der Waals surface area contributed by atoms with E-state index < -0.39 is 10.0 Å². The van der Waals surface area contributed by atoms with Gasteiger partial charge in [-0.1, -0.05) is 24.3 Å². The average molecular weight is 433 g/mol. The van der Waals surface area contributed by atoms with Gasteiger partial charge in [0.1, 0.15) is 5.75 Å². The van der Waals surface area contributed by atoms with Crippen molar-refractivity contribution in [2.24, 2.45) is 0 Å². The molecule has 0 atom stereocenters. The molecule has 0 radical (unpaired) electrons. The zero-order chi connectivity index (χ0) is 22.3. The number of rotatable bonds is 10. The summed E-state index contributed by atoms with van der Waals surface area (Å²) in [5, 5.41) is 2.89. The van der Waals surface area contributed by atoms with Crippen LogP contribution < -0.4 is 14.4 Å². The molecule has 164 valence electrons. The fourth-order valence-corrected chi connectivity index (χ4v) is 4.14. The summed E-state index contributed by atoms with van der Waals surface area (Å²) >= 11 is 0.